The van der Waals surface area contributed by atoms with E-state index in [1.807, 2.05) is 42.7 Å². The molecule has 2 aromatic heterocycles. The Bertz CT molecular complexity index is 1090. The highest BCUT2D eigenvalue weighted by Crippen LogP contribution is 2.33. The van der Waals surface area contributed by atoms with Crippen molar-refractivity contribution in [1.82, 2.24) is 15.0 Å². The zero-order valence-corrected chi connectivity index (χ0v) is 15.9. The van der Waals surface area contributed by atoms with Crippen LogP contribution in [0.5, 0.6) is 0 Å². The summed E-state index contributed by atoms with van der Waals surface area (Å²) in [7, 11) is 0. The minimum absolute atomic E-state index is 0.270. The maximum atomic E-state index is 13.3. The lowest BCUT2D eigenvalue weighted by atomic mass is 10.1. The number of thioether (sulfide) groups is 1. The van der Waals surface area contributed by atoms with Crippen molar-refractivity contribution in [3.63, 3.8) is 0 Å². The number of anilines is 3. The van der Waals surface area contributed by atoms with E-state index in [9.17, 15) is 4.39 Å². The summed E-state index contributed by atoms with van der Waals surface area (Å²) in [4.78, 5) is 12.4. The van der Waals surface area contributed by atoms with Crippen molar-refractivity contribution >= 4 is 29.0 Å². The van der Waals surface area contributed by atoms with Crippen LogP contribution in [-0.2, 0) is 0 Å². The van der Waals surface area contributed by atoms with E-state index < -0.39 is 0 Å². The van der Waals surface area contributed by atoms with Crippen LogP contribution in [0.1, 0.15) is 0 Å². The standard InChI is InChI=1S/C21H18FN5S/c1-28-21-26-19(13-2-4-15(22)5-3-13)20(27-21)14-10-11-24-18(12-14)25-17-8-6-16(23)7-9-17/h2-12H,23H2,1H3,(H,24,25)(H,26,27). The minimum atomic E-state index is -0.270. The van der Waals surface area contributed by atoms with Crippen LogP contribution in [0.4, 0.5) is 21.6 Å². The second-order valence-corrected chi connectivity index (χ2v) is 6.95. The van der Waals surface area contributed by atoms with E-state index in [-0.39, 0.29) is 5.82 Å². The molecule has 0 fully saturated rings. The number of hydrogen-bond acceptors (Lipinski definition) is 5. The van der Waals surface area contributed by atoms with Gasteiger partial charge in [-0.1, -0.05) is 11.8 Å². The molecule has 0 radical (unpaired) electrons. The van der Waals surface area contributed by atoms with Gasteiger partial charge in [-0.05, 0) is 66.9 Å². The van der Waals surface area contributed by atoms with Gasteiger partial charge in [0, 0.05) is 28.7 Å². The Morgan fingerprint density at radius 2 is 1.75 bits per heavy atom. The topological polar surface area (TPSA) is 79.6 Å². The van der Waals surface area contributed by atoms with E-state index in [1.54, 1.807) is 18.3 Å². The summed E-state index contributed by atoms with van der Waals surface area (Å²) >= 11 is 1.52. The number of nitrogens with two attached hydrogens (primary N) is 1. The lowest BCUT2D eigenvalue weighted by molar-refractivity contribution is 0.628. The number of hydrogen-bond donors (Lipinski definition) is 3. The minimum Gasteiger partial charge on any atom is -0.399 e. The van der Waals surface area contributed by atoms with Crippen molar-refractivity contribution < 1.29 is 4.39 Å². The molecule has 0 atom stereocenters. The molecule has 0 aliphatic carbocycles. The van der Waals surface area contributed by atoms with Crippen LogP contribution >= 0.6 is 11.8 Å². The van der Waals surface area contributed by atoms with E-state index in [0.717, 1.165) is 33.4 Å². The van der Waals surface area contributed by atoms with E-state index >= 15 is 0 Å². The molecule has 140 valence electrons. The molecule has 4 rings (SSSR count). The lowest BCUT2D eigenvalue weighted by Crippen LogP contribution is -1.95. The number of pyridine rings is 1. The monoisotopic (exact) mass is 391 g/mol. The Hall–Kier alpha value is -3.32. The molecule has 7 heteroatoms. The molecule has 4 aromatic rings. The number of aromatic nitrogens is 3. The van der Waals surface area contributed by atoms with Gasteiger partial charge in [-0.2, -0.15) is 0 Å². The van der Waals surface area contributed by atoms with E-state index in [1.165, 1.54) is 23.9 Å². The molecule has 5 nitrogen and oxygen atoms in total. The first-order chi connectivity index (χ1) is 13.6. The number of aromatic amines is 1. The summed E-state index contributed by atoms with van der Waals surface area (Å²) in [6.45, 7) is 0. The van der Waals surface area contributed by atoms with Crippen LogP contribution < -0.4 is 11.1 Å². The van der Waals surface area contributed by atoms with Gasteiger partial charge in [-0.25, -0.2) is 14.4 Å². The third-order valence-electron chi connectivity index (χ3n) is 4.22. The number of imidazole rings is 1. The summed E-state index contributed by atoms with van der Waals surface area (Å²) in [6, 6.07) is 17.7. The van der Waals surface area contributed by atoms with Gasteiger partial charge in [0.1, 0.15) is 11.6 Å². The number of nitrogens with zero attached hydrogens (tertiary/aromatic N) is 2. The molecule has 0 amide bonds. The Morgan fingerprint density at radius 3 is 2.46 bits per heavy atom. The molecule has 0 saturated heterocycles. The summed E-state index contributed by atoms with van der Waals surface area (Å²) in [5.74, 6) is 0.426. The van der Waals surface area contributed by atoms with Crippen LogP contribution in [0.15, 0.2) is 72.0 Å². The number of halogens is 1. The van der Waals surface area contributed by atoms with Gasteiger partial charge in [0.2, 0.25) is 0 Å². The smallest absolute Gasteiger partial charge is 0.166 e. The van der Waals surface area contributed by atoms with Gasteiger partial charge in [-0.3, -0.25) is 0 Å². The Morgan fingerprint density at radius 1 is 1.00 bits per heavy atom. The van der Waals surface area contributed by atoms with Crippen molar-refractivity contribution in [2.45, 2.75) is 5.16 Å². The number of nitrogens with one attached hydrogen (secondary N) is 2. The van der Waals surface area contributed by atoms with Gasteiger partial charge in [0.25, 0.3) is 0 Å². The average molecular weight is 391 g/mol. The lowest BCUT2D eigenvalue weighted by Gasteiger charge is -2.08. The van der Waals surface area contributed by atoms with Gasteiger partial charge >= 0.3 is 0 Å². The molecule has 4 N–H and O–H groups in total. The second kappa shape index (κ2) is 7.74. The average Bonchev–Trinajstić information content (AvgIpc) is 3.15. The molecule has 0 unspecified atom stereocenters. The third kappa shape index (κ3) is 3.84. The molecule has 2 heterocycles. The molecule has 2 aromatic carbocycles. The summed E-state index contributed by atoms with van der Waals surface area (Å²) in [6.07, 6.45) is 3.69. The highest BCUT2D eigenvalue weighted by Gasteiger charge is 2.15. The molecule has 0 aliphatic heterocycles. The van der Waals surface area contributed by atoms with Crippen LogP contribution in [0.25, 0.3) is 22.5 Å². The molecule has 0 saturated carbocycles. The van der Waals surface area contributed by atoms with Crippen molar-refractivity contribution in [1.29, 1.82) is 0 Å². The zero-order chi connectivity index (χ0) is 19.5. The molecule has 0 bridgehead atoms. The first kappa shape index (κ1) is 18.1. The fourth-order valence-corrected chi connectivity index (χ4v) is 3.23. The van der Waals surface area contributed by atoms with Gasteiger partial charge < -0.3 is 16.0 Å². The number of H-pyrrole nitrogens is 1. The Labute approximate surface area is 166 Å². The first-order valence-electron chi connectivity index (χ1n) is 8.61. The Balaban J connectivity index is 1.71. The first-order valence-corrected chi connectivity index (χ1v) is 9.84. The fourth-order valence-electron chi connectivity index (χ4n) is 2.84. The predicted octanol–water partition coefficient (Wildman–Crippen LogP) is 5.33. The SMILES string of the molecule is CSc1nc(-c2ccnc(Nc3ccc(N)cc3)c2)c(-c2ccc(F)cc2)[nH]1. The van der Waals surface area contributed by atoms with Crippen molar-refractivity contribution in [3.05, 3.63) is 72.7 Å². The molecule has 28 heavy (non-hydrogen) atoms. The number of rotatable bonds is 5. The number of benzene rings is 2. The van der Waals surface area contributed by atoms with E-state index in [2.05, 4.69) is 15.3 Å². The van der Waals surface area contributed by atoms with Gasteiger partial charge in [0.15, 0.2) is 5.16 Å². The maximum Gasteiger partial charge on any atom is 0.166 e. The summed E-state index contributed by atoms with van der Waals surface area (Å²) < 4.78 is 13.3. The van der Waals surface area contributed by atoms with Crippen LogP contribution in [0.3, 0.4) is 0 Å². The molecular formula is C21H18FN5S. The predicted molar refractivity (Wildman–Crippen MR) is 113 cm³/mol. The highest BCUT2D eigenvalue weighted by atomic mass is 32.2. The molecular weight excluding hydrogens is 373 g/mol. The van der Waals surface area contributed by atoms with E-state index in [4.69, 9.17) is 10.7 Å². The third-order valence-corrected chi connectivity index (χ3v) is 4.80. The van der Waals surface area contributed by atoms with Crippen molar-refractivity contribution in [2.24, 2.45) is 0 Å². The van der Waals surface area contributed by atoms with Crippen LogP contribution in [0, 0.1) is 5.82 Å². The van der Waals surface area contributed by atoms with Gasteiger partial charge in [0.05, 0.1) is 11.4 Å². The molecule has 0 aliphatic rings. The zero-order valence-electron chi connectivity index (χ0n) is 15.1. The largest absolute Gasteiger partial charge is 0.399 e. The van der Waals surface area contributed by atoms with Crippen molar-refractivity contribution in [2.75, 3.05) is 17.3 Å². The maximum absolute atomic E-state index is 13.3. The van der Waals surface area contributed by atoms with Crippen LogP contribution in [0.2, 0.25) is 0 Å². The van der Waals surface area contributed by atoms with Crippen LogP contribution in [-0.4, -0.2) is 21.2 Å². The normalized spacial score (nSPS) is 10.8. The Kier molecular flexibility index (Phi) is 4.99. The van der Waals surface area contributed by atoms with Gasteiger partial charge in [-0.15, -0.1) is 0 Å². The second-order valence-electron chi connectivity index (χ2n) is 6.15. The summed E-state index contributed by atoms with van der Waals surface area (Å²) in [5, 5.41) is 4.06. The summed E-state index contributed by atoms with van der Waals surface area (Å²) in [5.41, 5.74) is 10.7. The van der Waals surface area contributed by atoms with E-state index in [0.29, 0.717) is 11.5 Å². The number of nitrogen functional groups attached to an aromatic ring is 1. The fraction of sp³-hybridized carbons (Fsp3) is 0.0476. The van der Waals surface area contributed by atoms with Crippen molar-refractivity contribution in [3.8, 4) is 22.5 Å². The quantitative estimate of drug-likeness (QED) is 0.317. The molecule has 0 spiro atoms. The highest BCUT2D eigenvalue weighted by molar-refractivity contribution is 7.98.